The molecular weight excluding hydrogens is 598 g/mol. The third-order valence-corrected chi connectivity index (χ3v) is 9.19. The van der Waals surface area contributed by atoms with Crippen LogP contribution in [-0.2, 0) is 17.8 Å². The zero-order valence-corrected chi connectivity index (χ0v) is 24.8. The Balaban J connectivity index is 1.27. The molecule has 2 aliphatic rings. The lowest BCUT2D eigenvalue weighted by Crippen LogP contribution is -2.28. The van der Waals surface area contributed by atoms with Crippen molar-refractivity contribution in [2.24, 2.45) is 0 Å². The van der Waals surface area contributed by atoms with E-state index in [4.69, 9.17) is 28.3 Å². The van der Waals surface area contributed by atoms with E-state index in [9.17, 15) is 9.18 Å². The van der Waals surface area contributed by atoms with Gasteiger partial charge in [0.05, 0.1) is 28.6 Å². The molecule has 2 aliphatic heterocycles. The lowest BCUT2D eigenvalue weighted by atomic mass is 10.0. The number of rotatable bonds is 6. The monoisotopic (exact) mass is 624 g/mol. The number of amides is 1. The van der Waals surface area contributed by atoms with Crippen LogP contribution in [-0.4, -0.2) is 62.6 Å². The van der Waals surface area contributed by atoms with E-state index in [0.717, 1.165) is 49.4 Å². The van der Waals surface area contributed by atoms with Crippen molar-refractivity contribution >= 4 is 62.2 Å². The predicted octanol–water partition coefficient (Wildman–Crippen LogP) is 5.59. The molecule has 1 unspecified atom stereocenters. The lowest BCUT2D eigenvalue weighted by Gasteiger charge is -2.22. The van der Waals surface area contributed by atoms with Crippen LogP contribution in [0, 0.1) is 0 Å². The van der Waals surface area contributed by atoms with Crippen LogP contribution in [0.3, 0.4) is 0 Å². The number of carbonyl (C=O) groups excluding carboxylic acids is 1. The maximum Gasteiger partial charge on any atom is 0.257 e. The van der Waals surface area contributed by atoms with E-state index in [1.54, 1.807) is 28.7 Å². The van der Waals surface area contributed by atoms with Crippen molar-refractivity contribution in [3.05, 3.63) is 75.9 Å². The summed E-state index contributed by atoms with van der Waals surface area (Å²) >= 11 is 15.1. The van der Waals surface area contributed by atoms with Gasteiger partial charge >= 0.3 is 0 Å². The van der Waals surface area contributed by atoms with E-state index in [-0.39, 0.29) is 13.0 Å². The van der Waals surface area contributed by atoms with Crippen LogP contribution in [0.2, 0.25) is 10.0 Å². The second-order valence-corrected chi connectivity index (χ2v) is 12.2. The number of thiazole rings is 1. The number of carbonyl (C=O) groups is 1. The number of hydrogen-bond acceptors (Lipinski definition) is 7. The first-order valence-electron chi connectivity index (χ1n) is 13.8. The molecule has 5 heterocycles. The standard InChI is InChI=1S/C29H27Cl2FN8OS/c30-22-13-20(17-2-4-19(5-3-17)38-9-1-6-33-7-10-38)24(31)25-21(22)15-40(37-25)27(28(41)36-29-34-8-11-42-29)26-23-12-18(32)14-39(23)16-35-26/h2-5,8,11,13,15-16,18,27,33H,1,6-7,9-10,12,14H2,(H,34,36,41)/t18-,27?/m1/s1. The zero-order chi connectivity index (χ0) is 28.8. The summed E-state index contributed by atoms with van der Waals surface area (Å²) in [4.78, 5) is 24.8. The molecule has 0 saturated carbocycles. The summed E-state index contributed by atoms with van der Waals surface area (Å²) in [6, 6.07) is 9.13. The lowest BCUT2D eigenvalue weighted by molar-refractivity contribution is -0.118. The van der Waals surface area contributed by atoms with Crippen LogP contribution in [0.25, 0.3) is 22.0 Å². The quantitative estimate of drug-likeness (QED) is 0.256. The summed E-state index contributed by atoms with van der Waals surface area (Å²) in [6.07, 6.45) is 5.12. The van der Waals surface area contributed by atoms with E-state index in [0.29, 0.717) is 37.5 Å². The van der Waals surface area contributed by atoms with E-state index in [1.165, 1.54) is 16.0 Å². The van der Waals surface area contributed by atoms with Gasteiger partial charge in [0.15, 0.2) is 11.2 Å². The van der Waals surface area contributed by atoms with Gasteiger partial charge in [-0.1, -0.05) is 35.3 Å². The highest BCUT2D eigenvalue weighted by molar-refractivity contribution is 7.13. The third-order valence-electron chi connectivity index (χ3n) is 7.81. The molecule has 2 N–H and O–H groups in total. The summed E-state index contributed by atoms with van der Waals surface area (Å²) in [5, 5.41) is 14.8. The number of aromatic nitrogens is 5. The van der Waals surface area contributed by atoms with Crippen LogP contribution < -0.4 is 15.5 Å². The van der Waals surface area contributed by atoms with Gasteiger partial charge in [0.2, 0.25) is 0 Å². The molecule has 5 aromatic rings. The van der Waals surface area contributed by atoms with Gasteiger partial charge < -0.3 is 14.8 Å². The maximum atomic E-state index is 14.3. The van der Waals surface area contributed by atoms with E-state index >= 15 is 0 Å². The van der Waals surface area contributed by atoms with Crippen LogP contribution in [0.1, 0.15) is 23.9 Å². The minimum absolute atomic E-state index is 0.173. The topological polar surface area (TPSA) is 92.9 Å². The number of anilines is 2. The molecule has 2 atom stereocenters. The molecule has 9 nitrogen and oxygen atoms in total. The molecule has 216 valence electrons. The number of imidazole rings is 1. The van der Waals surface area contributed by atoms with E-state index in [1.807, 2.05) is 18.2 Å². The maximum absolute atomic E-state index is 14.3. The molecule has 7 rings (SSSR count). The SMILES string of the molecule is O=C(Nc1nccs1)C(c1ncn2c1C[C@@H](F)C2)n1cc2c(Cl)cc(-c3ccc(N4CCCNCC4)cc3)c(Cl)c2n1. The molecule has 1 amide bonds. The molecule has 0 spiro atoms. The van der Waals surface area contributed by atoms with Crippen molar-refractivity contribution in [2.75, 3.05) is 36.4 Å². The van der Waals surface area contributed by atoms with Gasteiger partial charge in [-0.15, -0.1) is 11.3 Å². The van der Waals surface area contributed by atoms with Gasteiger partial charge in [0.25, 0.3) is 5.91 Å². The van der Waals surface area contributed by atoms with Gasteiger partial charge in [-0.3, -0.25) is 14.8 Å². The first-order chi connectivity index (χ1) is 20.5. The highest BCUT2D eigenvalue weighted by Crippen LogP contribution is 2.40. The largest absolute Gasteiger partial charge is 0.370 e. The minimum Gasteiger partial charge on any atom is -0.370 e. The summed E-state index contributed by atoms with van der Waals surface area (Å²) in [5.74, 6) is -0.395. The Bertz CT molecular complexity index is 1750. The van der Waals surface area contributed by atoms with Gasteiger partial charge in [-0.25, -0.2) is 14.4 Å². The Morgan fingerprint density at radius 2 is 2.02 bits per heavy atom. The van der Waals surface area contributed by atoms with Gasteiger partial charge in [0, 0.05) is 66.2 Å². The summed E-state index contributed by atoms with van der Waals surface area (Å²) in [7, 11) is 0. The number of fused-ring (bicyclic) bond motifs is 2. The van der Waals surface area contributed by atoms with Crippen molar-refractivity contribution in [3.8, 4) is 11.1 Å². The zero-order valence-electron chi connectivity index (χ0n) is 22.4. The fourth-order valence-corrected chi connectivity index (χ4v) is 6.85. The Labute approximate surface area is 255 Å². The average molecular weight is 626 g/mol. The van der Waals surface area contributed by atoms with Crippen molar-refractivity contribution < 1.29 is 9.18 Å². The fraction of sp³-hybridized carbons (Fsp3) is 0.310. The normalized spacial score (nSPS) is 17.8. The number of benzene rings is 2. The summed E-state index contributed by atoms with van der Waals surface area (Å²) in [5.41, 5.74) is 4.38. The highest BCUT2D eigenvalue weighted by atomic mass is 35.5. The van der Waals surface area contributed by atoms with Gasteiger partial charge in [-0.2, -0.15) is 5.10 Å². The van der Waals surface area contributed by atoms with Crippen LogP contribution in [0.4, 0.5) is 15.2 Å². The molecule has 2 aromatic carbocycles. The number of nitrogens with one attached hydrogen (secondary N) is 2. The summed E-state index contributed by atoms with van der Waals surface area (Å²) in [6.45, 7) is 4.16. The van der Waals surface area contributed by atoms with Gasteiger partial charge in [-0.05, 0) is 36.7 Å². The van der Waals surface area contributed by atoms with E-state index in [2.05, 4.69) is 37.6 Å². The molecular formula is C29H27Cl2FN8OS. The number of halogens is 3. The van der Waals surface area contributed by atoms with Crippen LogP contribution in [0.15, 0.2) is 54.4 Å². The van der Waals surface area contributed by atoms with Crippen molar-refractivity contribution in [2.45, 2.75) is 31.6 Å². The molecule has 42 heavy (non-hydrogen) atoms. The molecule has 0 radical (unpaired) electrons. The molecule has 1 fully saturated rings. The molecule has 0 bridgehead atoms. The first-order valence-corrected chi connectivity index (χ1v) is 15.4. The second kappa shape index (κ2) is 11.3. The number of hydrogen-bond donors (Lipinski definition) is 2. The van der Waals surface area contributed by atoms with Crippen LogP contribution >= 0.6 is 34.5 Å². The predicted molar refractivity (Wildman–Crippen MR) is 165 cm³/mol. The Hall–Kier alpha value is -3.51. The van der Waals surface area contributed by atoms with E-state index < -0.39 is 18.1 Å². The molecule has 0 aliphatic carbocycles. The first kappa shape index (κ1) is 27.3. The van der Waals surface area contributed by atoms with Crippen molar-refractivity contribution in [1.29, 1.82) is 0 Å². The second-order valence-electron chi connectivity index (χ2n) is 10.5. The number of nitrogens with zero attached hydrogens (tertiary/aromatic N) is 6. The summed E-state index contributed by atoms with van der Waals surface area (Å²) < 4.78 is 17.6. The highest BCUT2D eigenvalue weighted by Gasteiger charge is 2.34. The van der Waals surface area contributed by atoms with Gasteiger partial charge in [0.1, 0.15) is 11.7 Å². The third kappa shape index (κ3) is 5.04. The number of alkyl halides is 1. The fourth-order valence-electron chi connectivity index (χ4n) is 5.77. The Morgan fingerprint density at radius 1 is 1.17 bits per heavy atom. The smallest absolute Gasteiger partial charge is 0.257 e. The Kier molecular flexibility index (Phi) is 7.35. The molecule has 13 heteroatoms. The molecule has 1 saturated heterocycles. The Morgan fingerprint density at radius 3 is 2.83 bits per heavy atom. The minimum atomic E-state index is -1.03. The average Bonchev–Trinajstić information content (AvgIpc) is 3.76. The van der Waals surface area contributed by atoms with Crippen molar-refractivity contribution in [3.63, 3.8) is 0 Å². The molecule has 3 aromatic heterocycles. The van der Waals surface area contributed by atoms with Crippen LogP contribution in [0.5, 0.6) is 0 Å². The van der Waals surface area contributed by atoms with Crippen molar-refractivity contribution in [1.82, 2.24) is 29.6 Å².